The Balaban J connectivity index is 4.27. The predicted molar refractivity (Wildman–Crippen MR) is 61.3 cm³/mol. The second-order valence-corrected chi connectivity index (χ2v) is 3.22. The van der Waals surface area contributed by atoms with E-state index in [2.05, 4.69) is 10.9 Å². The fourth-order valence-electron chi connectivity index (χ4n) is 0.756. The third-order valence-corrected chi connectivity index (χ3v) is 1.87. The number of aliphatic hydroxyl groups is 1. The second-order valence-electron chi connectivity index (χ2n) is 3.22. The number of allylic oxidation sites excluding steroid dienone is 2. The minimum Gasteiger partial charge on any atom is -0.507 e. The largest absolute Gasteiger partial charge is 0.507 e. The van der Waals surface area contributed by atoms with E-state index in [1.165, 1.54) is 6.20 Å². The maximum Gasteiger partial charge on any atom is 0.238 e. The van der Waals surface area contributed by atoms with Crippen LogP contribution in [-0.2, 0) is 9.59 Å². The molecule has 0 aliphatic carbocycles. The summed E-state index contributed by atoms with van der Waals surface area (Å²) in [4.78, 5) is 21.9. The molecule has 0 atom stereocenters. The van der Waals surface area contributed by atoms with E-state index in [1.807, 2.05) is 0 Å². The zero-order valence-electron chi connectivity index (χ0n) is 9.83. The predicted octanol–water partition coefficient (Wildman–Crippen LogP) is 1.34. The van der Waals surface area contributed by atoms with Gasteiger partial charge in [-0.3, -0.25) is 15.0 Å². The first-order valence-electron chi connectivity index (χ1n) is 5.16. The Morgan fingerprint density at radius 3 is 2.38 bits per heavy atom. The number of hydrogen-bond donors (Lipinski definition) is 3. The Morgan fingerprint density at radius 2 is 1.88 bits per heavy atom. The fourth-order valence-corrected chi connectivity index (χ4v) is 0.756. The summed E-state index contributed by atoms with van der Waals surface area (Å²) >= 11 is 0. The van der Waals surface area contributed by atoms with E-state index < -0.39 is 0 Å². The van der Waals surface area contributed by atoms with Gasteiger partial charge in [0.25, 0.3) is 0 Å². The molecule has 0 aromatic heterocycles. The van der Waals surface area contributed by atoms with Crippen molar-refractivity contribution in [2.75, 3.05) is 0 Å². The summed E-state index contributed by atoms with van der Waals surface area (Å²) in [6.45, 7) is 5.07. The third kappa shape index (κ3) is 5.85. The summed E-state index contributed by atoms with van der Waals surface area (Å²) in [5.41, 5.74) is 5.40. The molecule has 0 saturated heterocycles. The van der Waals surface area contributed by atoms with Crippen LogP contribution in [0.4, 0.5) is 0 Å². The molecule has 0 aliphatic rings. The minimum absolute atomic E-state index is 0.106. The van der Waals surface area contributed by atoms with Crippen LogP contribution >= 0.6 is 0 Å². The molecule has 0 spiro atoms. The highest BCUT2D eigenvalue weighted by Gasteiger charge is 2.00. The number of ketones is 1. The lowest BCUT2D eigenvalue weighted by molar-refractivity contribution is -0.121. The summed E-state index contributed by atoms with van der Waals surface area (Å²) in [6.07, 6.45) is 3.30. The molecule has 0 aromatic carbocycles. The van der Waals surface area contributed by atoms with Gasteiger partial charge in [0.15, 0.2) is 5.78 Å². The van der Waals surface area contributed by atoms with Crippen LogP contribution in [0.25, 0.3) is 0 Å². The van der Waals surface area contributed by atoms with Crippen LogP contribution in [0.15, 0.2) is 23.6 Å². The van der Waals surface area contributed by atoms with Gasteiger partial charge in [-0.25, -0.2) is 0 Å². The van der Waals surface area contributed by atoms with E-state index >= 15 is 0 Å². The summed E-state index contributed by atoms with van der Waals surface area (Å²) in [5.74, 6) is -0.412. The lowest BCUT2D eigenvalue weighted by Gasteiger charge is -2.04. The molecule has 5 nitrogen and oxygen atoms in total. The lowest BCUT2D eigenvalue weighted by Crippen LogP contribution is -2.33. The number of hydrogen-bond acceptors (Lipinski definition) is 4. The minimum atomic E-state index is -0.155. The first kappa shape index (κ1) is 14.2. The molecule has 0 fully saturated rings. The van der Waals surface area contributed by atoms with Crippen molar-refractivity contribution in [2.45, 2.75) is 33.6 Å². The van der Waals surface area contributed by atoms with Gasteiger partial charge in [0.1, 0.15) is 5.76 Å². The van der Waals surface area contributed by atoms with Crippen molar-refractivity contribution in [2.24, 2.45) is 0 Å². The van der Waals surface area contributed by atoms with Crippen molar-refractivity contribution in [1.29, 1.82) is 0 Å². The SMILES string of the molecule is CCC(=O)C=C(O)C(C)=CNNC(=O)CC. The van der Waals surface area contributed by atoms with Crippen molar-refractivity contribution in [3.05, 3.63) is 23.6 Å². The highest BCUT2D eigenvalue weighted by Crippen LogP contribution is 2.04. The van der Waals surface area contributed by atoms with Crippen LogP contribution < -0.4 is 10.9 Å². The Morgan fingerprint density at radius 1 is 1.25 bits per heavy atom. The smallest absolute Gasteiger partial charge is 0.238 e. The van der Waals surface area contributed by atoms with Gasteiger partial charge < -0.3 is 10.5 Å². The molecule has 1 amide bonds. The van der Waals surface area contributed by atoms with Gasteiger partial charge in [0.05, 0.1) is 0 Å². The molecule has 0 rings (SSSR count). The Bertz CT molecular complexity index is 319. The summed E-state index contributed by atoms with van der Waals surface area (Å²) in [7, 11) is 0. The van der Waals surface area contributed by atoms with E-state index in [4.69, 9.17) is 0 Å². The molecule has 90 valence electrons. The van der Waals surface area contributed by atoms with E-state index in [0.29, 0.717) is 18.4 Å². The number of carbonyl (C=O) groups is 2. The van der Waals surface area contributed by atoms with Gasteiger partial charge in [-0.1, -0.05) is 13.8 Å². The van der Waals surface area contributed by atoms with Gasteiger partial charge in [0.2, 0.25) is 5.91 Å². The molecule has 5 heteroatoms. The van der Waals surface area contributed by atoms with Gasteiger partial charge in [-0.05, 0) is 6.92 Å². The van der Waals surface area contributed by atoms with Crippen LogP contribution in [-0.4, -0.2) is 16.8 Å². The molecule has 0 bridgehead atoms. The second kappa shape index (κ2) is 7.50. The quantitative estimate of drug-likeness (QED) is 0.276. The topological polar surface area (TPSA) is 78.4 Å². The number of nitrogens with one attached hydrogen (secondary N) is 2. The molecule has 0 aromatic rings. The van der Waals surface area contributed by atoms with Crippen molar-refractivity contribution >= 4 is 11.7 Å². The number of amides is 1. The first-order valence-corrected chi connectivity index (χ1v) is 5.16. The average Bonchev–Trinajstić information content (AvgIpc) is 2.28. The number of hydrazine groups is 1. The van der Waals surface area contributed by atoms with Gasteiger partial charge in [-0.2, -0.15) is 0 Å². The number of rotatable bonds is 6. The van der Waals surface area contributed by atoms with E-state index in [0.717, 1.165) is 6.08 Å². The van der Waals surface area contributed by atoms with Crippen molar-refractivity contribution < 1.29 is 14.7 Å². The van der Waals surface area contributed by atoms with Crippen molar-refractivity contribution in [1.82, 2.24) is 10.9 Å². The zero-order valence-corrected chi connectivity index (χ0v) is 9.83. The molecule has 16 heavy (non-hydrogen) atoms. The van der Waals surface area contributed by atoms with Gasteiger partial charge in [0, 0.05) is 30.7 Å². The highest BCUT2D eigenvalue weighted by molar-refractivity contribution is 5.90. The van der Waals surface area contributed by atoms with Crippen LogP contribution in [0.5, 0.6) is 0 Å². The van der Waals surface area contributed by atoms with Crippen LogP contribution in [0.2, 0.25) is 0 Å². The summed E-state index contributed by atoms with van der Waals surface area (Å²) in [6, 6.07) is 0. The Kier molecular flexibility index (Phi) is 6.67. The maximum atomic E-state index is 11.0. The van der Waals surface area contributed by atoms with Crippen molar-refractivity contribution in [3.8, 4) is 0 Å². The number of aliphatic hydroxyl groups excluding tert-OH is 1. The average molecular weight is 226 g/mol. The highest BCUT2D eigenvalue weighted by atomic mass is 16.3. The van der Waals surface area contributed by atoms with E-state index in [9.17, 15) is 14.7 Å². The Labute approximate surface area is 95.2 Å². The first-order chi connectivity index (χ1) is 7.51. The van der Waals surface area contributed by atoms with Gasteiger partial charge in [-0.15, -0.1) is 0 Å². The molecule has 3 N–H and O–H groups in total. The molecule has 0 saturated carbocycles. The molecule has 0 unspecified atom stereocenters. The number of carbonyl (C=O) groups excluding carboxylic acids is 2. The van der Waals surface area contributed by atoms with E-state index in [-0.39, 0.29) is 17.4 Å². The molecule has 0 radical (unpaired) electrons. The third-order valence-electron chi connectivity index (χ3n) is 1.87. The van der Waals surface area contributed by atoms with Crippen LogP contribution in [0.1, 0.15) is 33.6 Å². The molecule has 0 heterocycles. The molecular formula is C11H18N2O3. The monoisotopic (exact) mass is 226 g/mol. The molecule has 0 aliphatic heterocycles. The maximum absolute atomic E-state index is 11.0. The van der Waals surface area contributed by atoms with Gasteiger partial charge >= 0.3 is 0 Å². The van der Waals surface area contributed by atoms with Crippen LogP contribution in [0.3, 0.4) is 0 Å². The molecular weight excluding hydrogens is 208 g/mol. The van der Waals surface area contributed by atoms with Crippen molar-refractivity contribution in [3.63, 3.8) is 0 Å². The fraction of sp³-hybridized carbons (Fsp3) is 0.455. The standard InChI is InChI=1S/C11H18N2O3/c1-4-9(14)6-10(15)8(3)7-12-13-11(16)5-2/h6-7,12,15H,4-5H2,1-3H3,(H,13,16). The Hall–Kier alpha value is -1.78. The summed E-state index contributed by atoms with van der Waals surface area (Å²) in [5, 5.41) is 9.46. The van der Waals surface area contributed by atoms with E-state index in [1.54, 1.807) is 20.8 Å². The zero-order chi connectivity index (χ0) is 12.6. The lowest BCUT2D eigenvalue weighted by atomic mass is 10.2. The van der Waals surface area contributed by atoms with Crippen LogP contribution in [0, 0.1) is 0 Å². The normalized spacial score (nSPS) is 12.2. The summed E-state index contributed by atoms with van der Waals surface area (Å²) < 4.78 is 0.